The standard InChI is InChI=1S/C24H28O9.Na/c1-10(2)22-17(32-22)18-24(33-18)21(3)7-6-11-12(9-29-19(11)28)13(21)8-14-23(24,31-14)20(22)30-16(27)5-4-15(25)26;/h10,13-14,17-18,20H,4-9H2,1-3H3,(H,25,26);/q;+1/p-1. The zero-order valence-corrected chi connectivity index (χ0v) is 21.9. The number of carbonyl (C=O) groups excluding carboxylic acids is 3. The van der Waals surface area contributed by atoms with Crippen molar-refractivity contribution in [2.75, 3.05) is 6.61 Å². The van der Waals surface area contributed by atoms with Crippen LogP contribution in [0.4, 0.5) is 0 Å². The van der Waals surface area contributed by atoms with Crippen molar-refractivity contribution >= 4 is 17.9 Å². The first-order valence-corrected chi connectivity index (χ1v) is 12.0. The molecule has 0 radical (unpaired) electrons. The zero-order valence-electron chi connectivity index (χ0n) is 19.9. The van der Waals surface area contributed by atoms with E-state index in [0.717, 1.165) is 17.6 Å². The number of rotatable bonds is 5. The maximum Gasteiger partial charge on any atom is 1.00 e. The fourth-order valence-corrected chi connectivity index (χ4v) is 8.24. The van der Waals surface area contributed by atoms with Crippen molar-refractivity contribution in [3.05, 3.63) is 11.1 Å². The molecule has 0 bridgehead atoms. The Labute approximate surface area is 219 Å². The molecule has 9 atom stereocenters. The largest absolute Gasteiger partial charge is 1.00 e. The van der Waals surface area contributed by atoms with E-state index < -0.39 is 41.3 Å². The zero-order chi connectivity index (χ0) is 23.1. The Morgan fingerprint density at radius 3 is 2.65 bits per heavy atom. The molecule has 4 heterocycles. The van der Waals surface area contributed by atoms with Crippen LogP contribution in [0.2, 0.25) is 0 Å². The Kier molecular flexibility index (Phi) is 4.73. The van der Waals surface area contributed by atoms with Crippen molar-refractivity contribution in [2.45, 2.75) is 94.1 Å². The predicted octanol–water partition coefficient (Wildman–Crippen LogP) is -2.81. The molecule has 2 saturated carbocycles. The van der Waals surface area contributed by atoms with E-state index in [9.17, 15) is 19.5 Å². The normalized spacial score (nSPS) is 50.4. The molecule has 9 nitrogen and oxygen atoms in total. The van der Waals surface area contributed by atoms with Gasteiger partial charge in [-0.3, -0.25) is 4.79 Å². The Hall–Kier alpha value is -0.970. The number of aliphatic carboxylic acids is 1. The smallest absolute Gasteiger partial charge is 0.550 e. The van der Waals surface area contributed by atoms with Crippen LogP contribution < -0.4 is 34.7 Å². The second kappa shape index (κ2) is 6.86. The number of carboxylic acids is 1. The van der Waals surface area contributed by atoms with Gasteiger partial charge in [0.25, 0.3) is 0 Å². The number of carboxylic acid groups (broad SMARTS) is 1. The van der Waals surface area contributed by atoms with Gasteiger partial charge in [-0.1, -0.05) is 20.8 Å². The van der Waals surface area contributed by atoms with E-state index in [1.807, 2.05) is 13.8 Å². The number of hydrogen-bond acceptors (Lipinski definition) is 9. The summed E-state index contributed by atoms with van der Waals surface area (Å²) in [7, 11) is 0. The molecule has 178 valence electrons. The van der Waals surface area contributed by atoms with Crippen LogP contribution in [0.5, 0.6) is 0 Å². The van der Waals surface area contributed by atoms with Crippen molar-refractivity contribution in [3.8, 4) is 0 Å². The number of ether oxygens (including phenoxy) is 5. The molecule has 0 aromatic heterocycles. The van der Waals surface area contributed by atoms with Crippen molar-refractivity contribution in [1.82, 2.24) is 0 Å². The number of carbonyl (C=O) groups is 3. The van der Waals surface area contributed by atoms with Crippen LogP contribution in [0.1, 0.15) is 52.9 Å². The summed E-state index contributed by atoms with van der Waals surface area (Å²) < 4.78 is 30.9. The molecule has 7 rings (SSSR count). The van der Waals surface area contributed by atoms with Gasteiger partial charge in [-0.25, -0.2) is 4.79 Å². The number of cyclic esters (lactones) is 1. The van der Waals surface area contributed by atoms with Crippen LogP contribution in [0.3, 0.4) is 0 Å². The van der Waals surface area contributed by atoms with E-state index in [-0.39, 0.29) is 77.5 Å². The first-order valence-electron chi connectivity index (χ1n) is 12.0. The van der Waals surface area contributed by atoms with Crippen molar-refractivity contribution in [3.63, 3.8) is 0 Å². The first-order chi connectivity index (χ1) is 15.6. The fourth-order valence-electron chi connectivity index (χ4n) is 8.24. The van der Waals surface area contributed by atoms with Gasteiger partial charge in [0.15, 0.2) is 11.7 Å². The minimum Gasteiger partial charge on any atom is -0.550 e. The van der Waals surface area contributed by atoms with E-state index >= 15 is 0 Å². The molecule has 4 aliphatic heterocycles. The summed E-state index contributed by atoms with van der Waals surface area (Å²) in [6.45, 7) is 6.62. The Morgan fingerprint density at radius 1 is 1.18 bits per heavy atom. The second-order valence-corrected chi connectivity index (χ2v) is 11.2. The summed E-state index contributed by atoms with van der Waals surface area (Å²) in [4.78, 5) is 35.8. The van der Waals surface area contributed by atoms with Gasteiger partial charge in [0, 0.05) is 17.0 Å². The molecule has 0 N–H and O–H groups in total. The maximum absolute atomic E-state index is 12.7. The van der Waals surface area contributed by atoms with Crippen LogP contribution in [-0.4, -0.2) is 65.7 Å². The van der Waals surface area contributed by atoms with Gasteiger partial charge in [0.05, 0.1) is 12.5 Å². The number of epoxide rings is 3. The molecule has 10 heteroatoms. The van der Waals surface area contributed by atoms with E-state index in [1.54, 1.807) is 0 Å². The third-order valence-electron chi connectivity index (χ3n) is 9.85. The second-order valence-electron chi connectivity index (χ2n) is 11.2. The Bertz CT molecular complexity index is 1060. The molecule has 7 aliphatic rings. The summed E-state index contributed by atoms with van der Waals surface area (Å²) in [5.74, 6) is -1.94. The molecule has 34 heavy (non-hydrogen) atoms. The first kappa shape index (κ1) is 23.4. The van der Waals surface area contributed by atoms with E-state index in [0.29, 0.717) is 19.4 Å². The van der Waals surface area contributed by atoms with Gasteiger partial charge in [-0.2, -0.15) is 0 Å². The van der Waals surface area contributed by atoms with Gasteiger partial charge in [0.1, 0.15) is 30.0 Å². The average molecular weight is 482 g/mol. The van der Waals surface area contributed by atoms with E-state index in [4.69, 9.17) is 23.7 Å². The van der Waals surface area contributed by atoms with E-state index in [2.05, 4.69) is 6.92 Å². The molecule has 2 spiro atoms. The fraction of sp³-hybridized carbons (Fsp3) is 0.792. The van der Waals surface area contributed by atoms with Crippen molar-refractivity contribution < 1.29 is 72.7 Å². The molecule has 3 aliphatic carbocycles. The number of hydrogen-bond donors (Lipinski definition) is 0. The minimum atomic E-state index is -1.29. The average Bonchev–Trinajstić information content (AvgIpc) is 3.65. The molecule has 5 fully saturated rings. The summed E-state index contributed by atoms with van der Waals surface area (Å²) in [6, 6.07) is 0. The number of esters is 2. The quantitative estimate of drug-likeness (QED) is 0.232. The predicted molar refractivity (Wildman–Crippen MR) is 105 cm³/mol. The monoisotopic (exact) mass is 482 g/mol. The molecular weight excluding hydrogens is 455 g/mol. The van der Waals surface area contributed by atoms with Crippen LogP contribution in [0.25, 0.3) is 0 Å². The maximum atomic E-state index is 12.7. The van der Waals surface area contributed by atoms with Gasteiger partial charge < -0.3 is 33.6 Å². The molecule has 3 saturated heterocycles. The Balaban J connectivity index is 0.00000217. The molecule has 0 aromatic rings. The summed E-state index contributed by atoms with van der Waals surface area (Å²) in [6.07, 6.45) is 0.210. The summed E-state index contributed by atoms with van der Waals surface area (Å²) in [5, 5.41) is 10.9. The van der Waals surface area contributed by atoms with Gasteiger partial charge >= 0.3 is 41.5 Å². The summed E-state index contributed by atoms with van der Waals surface area (Å²) in [5.41, 5.74) is -0.635. The molecule has 9 unspecified atom stereocenters. The van der Waals surface area contributed by atoms with Crippen molar-refractivity contribution in [2.24, 2.45) is 17.3 Å². The van der Waals surface area contributed by atoms with Crippen LogP contribution >= 0.6 is 0 Å². The summed E-state index contributed by atoms with van der Waals surface area (Å²) >= 11 is 0. The molecule has 0 amide bonds. The third kappa shape index (κ3) is 2.40. The minimum absolute atomic E-state index is 0. The van der Waals surface area contributed by atoms with Crippen LogP contribution in [0.15, 0.2) is 11.1 Å². The van der Waals surface area contributed by atoms with Gasteiger partial charge in [-0.15, -0.1) is 0 Å². The van der Waals surface area contributed by atoms with Crippen molar-refractivity contribution in [1.29, 1.82) is 0 Å². The molecule has 0 aromatic carbocycles. The third-order valence-corrected chi connectivity index (χ3v) is 9.85. The van der Waals surface area contributed by atoms with Crippen LogP contribution in [-0.2, 0) is 38.1 Å². The van der Waals surface area contributed by atoms with E-state index in [1.165, 1.54) is 0 Å². The van der Waals surface area contributed by atoms with Gasteiger partial charge in [-0.05, 0) is 43.1 Å². The number of fused-ring (bicyclic) bond motifs is 4. The van der Waals surface area contributed by atoms with Gasteiger partial charge in [0.2, 0.25) is 0 Å². The Morgan fingerprint density at radius 2 is 1.94 bits per heavy atom. The molecular formula is C24H27NaO9. The van der Waals surface area contributed by atoms with Crippen LogP contribution in [0, 0.1) is 17.3 Å². The SMILES string of the molecule is CC(C)C12OC1C1OC13C1(C)CCC4=C(COC4=O)C1CC1OC13C2OC(=O)CCC(=O)[O-].[Na+]. The topological polar surface area (TPSA) is 130 Å².